The first-order chi connectivity index (χ1) is 9.73. The third kappa shape index (κ3) is 3.94. The van der Waals surface area contributed by atoms with Gasteiger partial charge in [0.15, 0.2) is 5.82 Å². The summed E-state index contributed by atoms with van der Waals surface area (Å²) >= 11 is 0. The first-order valence-corrected chi connectivity index (χ1v) is 8.09. The van der Waals surface area contributed by atoms with E-state index in [4.69, 9.17) is 5.73 Å². The molecule has 1 heterocycles. The van der Waals surface area contributed by atoms with Gasteiger partial charge < -0.3 is 10.5 Å². The highest BCUT2D eigenvalue weighted by atomic mass is 32.2. The Bertz CT molecular complexity index is 594. The van der Waals surface area contributed by atoms with Crippen molar-refractivity contribution in [3.05, 3.63) is 6.20 Å². The van der Waals surface area contributed by atoms with E-state index >= 15 is 0 Å². The van der Waals surface area contributed by atoms with Crippen LogP contribution in [0.25, 0.3) is 0 Å². The Hall–Kier alpha value is -1.61. The summed E-state index contributed by atoms with van der Waals surface area (Å²) in [5.74, 6) is -0.703. The highest BCUT2D eigenvalue weighted by Crippen LogP contribution is 2.23. The number of anilines is 1. The molecular weight excluding hydrogens is 296 g/mol. The lowest BCUT2D eigenvalue weighted by atomic mass is 10.4. The zero-order chi connectivity index (χ0) is 16.2. The van der Waals surface area contributed by atoms with Crippen molar-refractivity contribution >= 4 is 21.8 Å². The summed E-state index contributed by atoms with van der Waals surface area (Å²) in [4.78, 5) is 11.3. The van der Waals surface area contributed by atoms with Gasteiger partial charge in [-0.15, -0.1) is 0 Å². The van der Waals surface area contributed by atoms with E-state index in [-0.39, 0.29) is 17.3 Å². The van der Waals surface area contributed by atoms with Crippen molar-refractivity contribution in [3.8, 4) is 0 Å². The van der Waals surface area contributed by atoms with Crippen LogP contribution < -0.4 is 5.73 Å². The van der Waals surface area contributed by atoms with Gasteiger partial charge in [0, 0.05) is 18.8 Å². The molecule has 1 aromatic rings. The summed E-state index contributed by atoms with van der Waals surface area (Å²) in [6.07, 6.45) is 2.19. The summed E-state index contributed by atoms with van der Waals surface area (Å²) in [6, 6.07) is -0.414. The predicted molar refractivity (Wildman–Crippen MR) is 78.0 cm³/mol. The first kappa shape index (κ1) is 17.4. The quantitative estimate of drug-likeness (QED) is 0.731. The second-order valence-electron chi connectivity index (χ2n) is 4.86. The van der Waals surface area contributed by atoms with E-state index in [0.717, 1.165) is 10.7 Å². The van der Waals surface area contributed by atoms with Crippen LogP contribution in [0.1, 0.15) is 27.2 Å². The summed E-state index contributed by atoms with van der Waals surface area (Å²) in [5, 5.41) is 3.98. The molecule has 21 heavy (non-hydrogen) atoms. The molecule has 0 aliphatic rings. The Balaban J connectivity index is 3.19. The number of sulfonamides is 1. The number of nitrogen functional groups attached to an aromatic ring is 1. The van der Waals surface area contributed by atoms with Gasteiger partial charge in [0.05, 0.1) is 7.11 Å². The number of hydrogen-bond acceptors (Lipinski definition) is 6. The van der Waals surface area contributed by atoms with Gasteiger partial charge in [-0.1, -0.05) is 6.92 Å². The van der Waals surface area contributed by atoms with Crippen molar-refractivity contribution in [2.75, 3.05) is 19.4 Å². The molecule has 0 aromatic carbocycles. The van der Waals surface area contributed by atoms with E-state index in [1.807, 2.05) is 6.92 Å². The minimum absolute atomic E-state index is 0.0704. The molecule has 0 atom stereocenters. The summed E-state index contributed by atoms with van der Waals surface area (Å²) in [6.45, 7) is 5.50. The molecular formula is C12H22N4O4S. The fourth-order valence-electron chi connectivity index (χ4n) is 1.82. The van der Waals surface area contributed by atoms with E-state index in [0.29, 0.717) is 6.54 Å². The number of methoxy groups -OCH3 is 1. The smallest absolute Gasteiger partial charge is 0.321 e. The van der Waals surface area contributed by atoms with Crippen molar-refractivity contribution in [2.24, 2.45) is 0 Å². The number of nitrogens with zero attached hydrogens (tertiary/aromatic N) is 3. The van der Waals surface area contributed by atoms with Gasteiger partial charge in [0.2, 0.25) is 10.0 Å². The maximum Gasteiger partial charge on any atom is 0.321 e. The lowest BCUT2D eigenvalue weighted by Gasteiger charge is -2.24. The van der Waals surface area contributed by atoms with Crippen LogP contribution in [0, 0.1) is 0 Å². The third-order valence-corrected chi connectivity index (χ3v) is 4.92. The van der Waals surface area contributed by atoms with Crippen LogP contribution in [0.5, 0.6) is 0 Å². The van der Waals surface area contributed by atoms with Gasteiger partial charge >= 0.3 is 5.97 Å². The minimum Gasteiger partial charge on any atom is -0.468 e. The zero-order valence-electron chi connectivity index (χ0n) is 12.7. The SMILES string of the molecule is CCCn1cc(S(=O)(=O)N(CC(=O)OC)C(C)C)c(N)n1. The van der Waals surface area contributed by atoms with E-state index in [1.54, 1.807) is 13.8 Å². The van der Waals surface area contributed by atoms with Gasteiger partial charge in [0.1, 0.15) is 11.4 Å². The minimum atomic E-state index is -3.91. The average molecular weight is 318 g/mol. The Morgan fingerprint density at radius 3 is 2.62 bits per heavy atom. The number of nitrogens with two attached hydrogens (primary N) is 1. The van der Waals surface area contributed by atoms with Crippen LogP contribution in [0.3, 0.4) is 0 Å². The van der Waals surface area contributed by atoms with Crippen molar-refractivity contribution in [1.29, 1.82) is 0 Å². The van der Waals surface area contributed by atoms with Gasteiger partial charge in [-0.05, 0) is 20.3 Å². The van der Waals surface area contributed by atoms with Gasteiger partial charge in [-0.2, -0.15) is 9.40 Å². The molecule has 0 aliphatic carbocycles. The third-order valence-electron chi connectivity index (χ3n) is 2.88. The molecule has 0 aliphatic heterocycles. The number of esters is 1. The van der Waals surface area contributed by atoms with Crippen molar-refractivity contribution in [3.63, 3.8) is 0 Å². The molecule has 0 radical (unpaired) electrons. The summed E-state index contributed by atoms with van der Waals surface area (Å²) < 4.78 is 32.4. The van der Waals surface area contributed by atoms with E-state index in [9.17, 15) is 13.2 Å². The molecule has 0 saturated heterocycles. The van der Waals surface area contributed by atoms with E-state index < -0.39 is 22.0 Å². The summed E-state index contributed by atoms with van der Waals surface area (Å²) in [7, 11) is -2.70. The second kappa shape index (κ2) is 6.90. The monoisotopic (exact) mass is 318 g/mol. The molecule has 1 rings (SSSR count). The van der Waals surface area contributed by atoms with Crippen molar-refractivity contribution in [1.82, 2.24) is 14.1 Å². The Kier molecular flexibility index (Phi) is 5.73. The molecule has 0 spiro atoms. The van der Waals surface area contributed by atoms with E-state index in [2.05, 4.69) is 9.84 Å². The molecule has 0 fully saturated rings. The standard InChI is InChI=1S/C12H22N4O4S/c1-5-6-15-7-10(12(13)14-15)21(18,19)16(9(2)3)8-11(17)20-4/h7,9H,5-6,8H2,1-4H3,(H2,13,14). The van der Waals surface area contributed by atoms with Gasteiger partial charge in [0.25, 0.3) is 0 Å². The zero-order valence-corrected chi connectivity index (χ0v) is 13.6. The molecule has 0 amide bonds. The molecule has 8 nitrogen and oxygen atoms in total. The lowest BCUT2D eigenvalue weighted by Crippen LogP contribution is -2.41. The number of ether oxygens (including phenoxy) is 1. The molecule has 9 heteroatoms. The van der Waals surface area contributed by atoms with Crippen molar-refractivity contribution in [2.45, 2.75) is 44.7 Å². The first-order valence-electron chi connectivity index (χ1n) is 6.65. The molecule has 120 valence electrons. The number of rotatable bonds is 7. The lowest BCUT2D eigenvalue weighted by molar-refractivity contribution is -0.141. The van der Waals surface area contributed by atoms with Crippen LogP contribution in [0.15, 0.2) is 11.1 Å². The molecule has 0 unspecified atom stereocenters. The second-order valence-corrected chi connectivity index (χ2v) is 6.72. The van der Waals surface area contributed by atoms with E-state index in [1.165, 1.54) is 18.0 Å². The van der Waals surface area contributed by atoms with Crippen LogP contribution in [-0.4, -0.2) is 48.2 Å². The fourth-order valence-corrected chi connectivity index (χ4v) is 3.47. The van der Waals surface area contributed by atoms with Crippen molar-refractivity contribution < 1.29 is 17.9 Å². The van der Waals surface area contributed by atoms with Crippen LogP contribution in [0.4, 0.5) is 5.82 Å². The maximum absolute atomic E-state index is 12.6. The number of aryl methyl sites for hydroxylation is 1. The van der Waals surface area contributed by atoms with Crippen LogP contribution in [0.2, 0.25) is 0 Å². The Morgan fingerprint density at radius 2 is 2.14 bits per heavy atom. The van der Waals surface area contributed by atoms with Crippen LogP contribution >= 0.6 is 0 Å². The number of carbonyl (C=O) groups is 1. The highest BCUT2D eigenvalue weighted by Gasteiger charge is 2.32. The van der Waals surface area contributed by atoms with Gasteiger partial charge in [-0.3, -0.25) is 9.48 Å². The maximum atomic E-state index is 12.6. The number of aromatic nitrogens is 2. The predicted octanol–water partition coefficient (Wildman–Crippen LogP) is 0.447. The fraction of sp³-hybridized carbons (Fsp3) is 0.667. The normalized spacial score (nSPS) is 12.1. The number of carbonyl (C=O) groups excluding carboxylic acids is 1. The Morgan fingerprint density at radius 1 is 1.52 bits per heavy atom. The Labute approximate surface area is 124 Å². The molecule has 1 aromatic heterocycles. The summed E-state index contributed by atoms with van der Waals surface area (Å²) in [5.41, 5.74) is 5.71. The molecule has 0 bridgehead atoms. The highest BCUT2D eigenvalue weighted by molar-refractivity contribution is 7.89. The average Bonchev–Trinajstić information content (AvgIpc) is 2.77. The van der Waals surface area contributed by atoms with Crippen LogP contribution in [-0.2, 0) is 26.1 Å². The van der Waals surface area contributed by atoms with Gasteiger partial charge in [-0.25, -0.2) is 8.42 Å². The topological polar surface area (TPSA) is 108 Å². The molecule has 2 N–H and O–H groups in total. The number of hydrogen-bond donors (Lipinski definition) is 1. The molecule has 0 saturated carbocycles. The largest absolute Gasteiger partial charge is 0.468 e.